The number of aliphatic hydroxyl groups is 2. The molecule has 2 N–H and O–H groups in total. The summed E-state index contributed by atoms with van der Waals surface area (Å²) in [6.07, 6.45) is 16.5. The summed E-state index contributed by atoms with van der Waals surface area (Å²) in [5.41, 5.74) is 1.47. The Morgan fingerprint density at radius 2 is 1.20 bits per heavy atom. The van der Waals surface area contributed by atoms with Crippen LogP contribution in [0.4, 0.5) is 0 Å². The van der Waals surface area contributed by atoms with E-state index in [1.54, 1.807) is 0 Å². The van der Waals surface area contributed by atoms with Gasteiger partial charge in [0.1, 0.15) is 0 Å². The minimum absolute atomic E-state index is 0.104. The molecule has 0 radical (unpaired) electrons. The largest absolute Gasteiger partial charge is 0.394 e. The molecule has 0 heterocycles. The first kappa shape index (κ1) is 22.2. The third-order valence-electron chi connectivity index (χ3n) is 5.31. The molecule has 2 unspecified atom stereocenters. The molecule has 0 saturated carbocycles. The van der Waals surface area contributed by atoms with E-state index in [4.69, 9.17) is 5.11 Å². The van der Waals surface area contributed by atoms with Gasteiger partial charge in [-0.1, -0.05) is 101 Å². The van der Waals surface area contributed by atoms with Crippen LogP contribution >= 0.6 is 0 Å². The molecule has 1 aromatic carbocycles. The van der Waals surface area contributed by atoms with E-state index in [0.29, 0.717) is 0 Å². The average Bonchev–Trinajstić information content (AvgIpc) is 2.65. The second-order valence-electron chi connectivity index (χ2n) is 7.64. The van der Waals surface area contributed by atoms with Crippen molar-refractivity contribution in [3.05, 3.63) is 35.9 Å². The van der Waals surface area contributed by atoms with Gasteiger partial charge in [0.2, 0.25) is 0 Å². The third kappa shape index (κ3) is 12.2. The van der Waals surface area contributed by atoms with Crippen LogP contribution in [0.5, 0.6) is 0 Å². The zero-order valence-electron chi connectivity index (χ0n) is 16.3. The van der Waals surface area contributed by atoms with Gasteiger partial charge in [-0.05, 0) is 30.7 Å². The number of aryl methyl sites for hydroxylation is 1. The maximum absolute atomic E-state index is 9.51. The van der Waals surface area contributed by atoms with Crippen molar-refractivity contribution in [3.8, 4) is 0 Å². The summed E-state index contributed by atoms with van der Waals surface area (Å²) in [5, 5.41) is 18.4. The van der Waals surface area contributed by atoms with Crippen molar-refractivity contribution in [1.29, 1.82) is 0 Å². The highest BCUT2D eigenvalue weighted by atomic mass is 16.3. The van der Waals surface area contributed by atoms with Crippen molar-refractivity contribution >= 4 is 0 Å². The Bertz CT molecular complexity index is 390. The minimum Gasteiger partial charge on any atom is -0.394 e. The van der Waals surface area contributed by atoms with Crippen molar-refractivity contribution < 1.29 is 10.2 Å². The van der Waals surface area contributed by atoms with Gasteiger partial charge < -0.3 is 10.2 Å². The summed E-state index contributed by atoms with van der Waals surface area (Å²) < 4.78 is 0. The van der Waals surface area contributed by atoms with Gasteiger partial charge in [-0.2, -0.15) is 0 Å². The number of benzene rings is 1. The Kier molecular flexibility index (Phi) is 13.7. The van der Waals surface area contributed by atoms with Crippen LogP contribution in [0, 0.1) is 5.92 Å². The summed E-state index contributed by atoms with van der Waals surface area (Å²) in [4.78, 5) is 0. The van der Waals surface area contributed by atoms with Crippen LogP contribution in [0.15, 0.2) is 30.3 Å². The number of unbranched alkanes of at least 4 members (excludes halogenated alkanes) is 10. The zero-order chi connectivity index (χ0) is 18.2. The summed E-state index contributed by atoms with van der Waals surface area (Å²) in [6.45, 7) is 1.92. The summed E-state index contributed by atoms with van der Waals surface area (Å²) >= 11 is 0. The lowest BCUT2D eigenvalue weighted by atomic mass is 9.97. The molecule has 2 atom stereocenters. The average molecular weight is 349 g/mol. The van der Waals surface area contributed by atoms with E-state index in [0.717, 1.165) is 6.42 Å². The highest BCUT2D eigenvalue weighted by Crippen LogP contribution is 2.16. The van der Waals surface area contributed by atoms with Crippen molar-refractivity contribution in [2.75, 3.05) is 6.61 Å². The molecule has 25 heavy (non-hydrogen) atoms. The van der Waals surface area contributed by atoms with Gasteiger partial charge in [-0.25, -0.2) is 0 Å². The lowest BCUT2D eigenvalue weighted by Gasteiger charge is -2.15. The molecule has 1 rings (SSSR count). The fourth-order valence-corrected chi connectivity index (χ4v) is 3.40. The molecule has 0 saturated heterocycles. The van der Waals surface area contributed by atoms with Crippen molar-refractivity contribution in [1.82, 2.24) is 0 Å². The molecule has 0 aliphatic heterocycles. The van der Waals surface area contributed by atoms with Gasteiger partial charge in [-0.3, -0.25) is 0 Å². The minimum atomic E-state index is -0.535. The molecule has 144 valence electrons. The predicted molar refractivity (Wildman–Crippen MR) is 108 cm³/mol. The van der Waals surface area contributed by atoms with Crippen LogP contribution in [-0.4, -0.2) is 22.9 Å². The SMILES string of the molecule is CC(CCCCCCCCCCCCCc1ccccc1)C(O)CO. The molecule has 0 spiro atoms. The molecular formula is C23H40O2. The first-order chi connectivity index (χ1) is 12.2. The Labute approximate surface area is 155 Å². The summed E-state index contributed by atoms with van der Waals surface area (Å²) in [7, 11) is 0. The van der Waals surface area contributed by atoms with Crippen LogP contribution in [0.3, 0.4) is 0 Å². The summed E-state index contributed by atoms with van der Waals surface area (Å²) in [5.74, 6) is 0.229. The first-order valence-electron chi connectivity index (χ1n) is 10.6. The van der Waals surface area contributed by atoms with Gasteiger partial charge in [0.25, 0.3) is 0 Å². The van der Waals surface area contributed by atoms with Gasteiger partial charge in [-0.15, -0.1) is 0 Å². The van der Waals surface area contributed by atoms with E-state index in [-0.39, 0.29) is 12.5 Å². The van der Waals surface area contributed by atoms with Crippen molar-refractivity contribution in [2.45, 2.75) is 96.5 Å². The van der Waals surface area contributed by atoms with Crippen molar-refractivity contribution in [2.24, 2.45) is 5.92 Å². The van der Waals surface area contributed by atoms with E-state index in [1.165, 1.54) is 82.6 Å². The molecule has 0 aliphatic carbocycles. The van der Waals surface area contributed by atoms with E-state index in [9.17, 15) is 5.11 Å². The molecule has 1 aromatic rings. The molecule has 0 amide bonds. The van der Waals surface area contributed by atoms with Crippen LogP contribution in [0.2, 0.25) is 0 Å². The highest BCUT2D eigenvalue weighted by molar-refractivity contribution is 5.14. The van der Waals surface area contributed by atoms with Crippen LogP contribution in [0.25, 0.3) is 0 Å². The lowest BCUT2D eigenvalue weighted by molar-refractivity contribution is 0.0495. The molecular weight excluding hydrogens is 308 g/mol. The Morgan fingerprint density at radius 3 is 1.72 bits per heavy atom. The summed E-state index contributed by atoms with van der Waals surface area (Å²) in [6, 6.07) is 10.8. The van der Waals surface area contributed by atoms with Gasteiger partial charge in [0.05, 0.1) is 12.7 Å². The lowest BCUT2D eigenvalue weighted by Crippen LogP contribution is -2.21. The zero-order valence-corrected chi connectivity index (χ0v) is 16.3. The molecule has 0 aliphatic rings. The maximum Gasteiger partial charge on any atom is 0.0796 e. The van der Waals surface area contributed by atoms with Crippen LogP contribution in [0.1, 0.15) is 89.5 Å². The first-order valence-corrected chi connectivity index (χ1v) is 10.6. The van der Waals surface area contributed by atoms with Gasteiger partial charge in [0.15, 0.2) is 0 Å². The molecule has 0 bridgehead atoms. The number of hydrogen-bond acceptors (Lipinski definition) is 2. The van der Waals surface area contributed by atoms with E-state index in [1.807, 2.05) is 6.92 Å². The predicted octanol–water partition coefficient (Wildman–Crippen LogP) is 5.90. The highest BCUT2D eigenvalue weighted by Gasteiger charge is 2.11. The normalized spacial score (nSPS) is 13.7. The number of aliphatic hydroxyl groups excluding tert-OH is 2. The van der Waals surface area contributed by atoms with Crippen LogP contribution < -0.4 is 0 Å². The van der Waals surface area contributed by atoms with E-state index in [2.05, 4.69) is 30.3 Å². The van der Waals surface area contributed by atoms with Gasteiger partial charge in [0, 0.05) is 0 Å². The monoisotopic (exact) mass is 348 g/mol. The number of rotatable bonds is 16. The quantitative estimate of drug-likeness (QED) is 0.365. The topological polar surface area (TPSA) is 40.5 Å². The smallest absolute Gasteiger partial charge is 0.0796 e. The second-order valence-corrected chi connectivity index (χ2v) is 7.64. The van der Waals surface area contributed by atoms with Crippen LogP contribution in [-0.2, 0) is 6.42 Å². The van der Waals surface area contributed by atoms with E-state index >= 15 is 0 Å². The number of hydrogen-bond donors (Lipinski definition) is 2. The van der Waals surface area contributed by atoms with Gasteiger partial charge >= 0.3 is 0 Å². The Morgan fingerprint density at radius 1 is 0.720 bits per heavy atom. The molecule has 2 nitrogen and oxygen atoms in total. The Balaban J connectivity index is 1.77. The fourth-order valence-electron chi connectivity index (χ4n) is 3.40. The second kappa shape index (κ2) is 15.4. The molecule has 0 fully saturated rings. The maximum atomic E-state index is 9.51. The fraction of sp³-hybridized carbons (Fsp3) is 0.739. The molecule has 2 heteroatoms. The standard InChI is InChI=1S/C23H40O2/c1-21(23(25)20-24)16-12-9-7-5-3-2-4-6-8-10-13-17-22-18-14-11-15-19-22/h11,14-15,18-19,21,23-25H,2-10,12-13,16-17,20H2,1H3. The Hall–Kier alpha value is -0.860. The third-order valence-corrected chi connectivity index (χ3v) is 5.31. The van der Waals surface area contributed by atoms with Crippen molar-refractivity contribution in [3.63, 3.8) is 0 Å². The molecule has 0 aromatic heterocycles. The van der Waals surface area contributed by atoms with E-state index < -0.39 is 6.10 Å².